The molecule has 0 amide bonds. The van der Waals surface area contributed by atoms with Crippen molar-refractivity contribution in [1.29, 1.82) is 0 Å². The second-order valence-electron chi connectivity index (χ2n) is 5.57. The van der Waals surface area contributed by atoms with E-state index in [-0.39, 0.29) is 11.2 Å². The maximum absolute atomic E-state index is 12.0. The van der Waals surface area contributed by atoms with E-state index in [0.717, 1.165) is 24.6 Å². The van der Waals surface area contributed by atoms with Crippen molar-refractivity contribution in [3.63, 3.8) is 0 Å². The Morgan fingerprint density at radius 1 is 1.42 bits per heavy atom. The third-order valence-electron chi connectivity index (χ3n) is 4.01. The Hall–Kier alpha value is -0.660. The summed E-state index contributed by atoms with van der Waals surface area (Å²) >= 11 is 1.65. The van der Waals surface area contributed by atoms with E-state index in [4.69, 9.17) is 0 Å². The quantitative estimate of drug-likeness (QED) is 0.843. The Bertz CT molecular complexity index is 535. The van der Waals surface area contributed by atoms with Gasteiger partial charge in [0.1, 0.15) is 0 Å². The molecule has 19 heavy (non-hydrogen) atoms. The van der Waals surface area contributed by atoms with Gasteiger partial charge in [0, 0.05) is 43.2 Å². The number of hydrogen-bond donors (Lipinski definition) is 0. The SMILES string of the molecule is CCCS(=O)(=O)N1CC2(CCN(c3nccs3)C2)C1. The first kappa shape index (κ1) is 13.3. The lowest BCUT2D eigenvalue weighted by atomic mass is 9.81. The Morgan fingerprint density at radius 3 is 2.84 bits per heavy atom. The lowest BCUT2D eigenvalue weighted by Crippen LogP contribution is -2.59. The van der Waals surface area contributed by atoms with Crippen LogP contribution in [0.5, 0.6) is 0 Å². The van der Waals surface area contributed by atoms with Gasteiger partial charge in [-0.3, -0.25) is 0 Å². The van der Waals surface area contributed by atoms with E-state index in [1.54, 1.807) is 15.6 Å². The van der Waals surface area contributed by atoms with E-state index in [1.807, 2.05) is 18.5 Å². The van der Waals surface area contributed by atoms with Crippen LogP contribution in [0.15, 0.2) is 11.6 Å². The Labute approximate surface area is 118 Å². The number of hydrogen-bond acceptors (Lipinski definition) is 5. The molecule has 1 aromatic rings. The first-order chi connectivity index (χ1) is 9.05. The van der Waals surface area contributed by atoms with Gasteiger partial charge in [0.15, 0.2) is 5.13 Å². The van der Waals surface area contributed by atoms with Crippen molar-refractivity contribution in [2.24, 2.45) is 5.41 Å². The Kier molecular flexibility index (Phi) is 3.31. The molecule has 1 aromatic heterocycles. The normalized spacial score (nSPS) is 22.9. The number of rotatable bonds is 4. The van der Waals surface area contributed by atoms with Crippen molar-refractivity contribution in [3.8, 4) is 0 Å². The van der Waals surface area contributed by atoms with Crippen LogP contribution in [0.4, 0.5) is 5.13 Å². The minimum atomic E-state index is -3.01. The number of nitrogens with zero attached hydrogens (tertiary/aromatic N) is 3. The van der Waals surface area contributed by atoms with Gasteiger partial charge in [-0.2, -0.15) is 0 Å². The molecule has 0 saturated carbocycles. The molecule has 0 radical (unpaired) electrons. The van der Waals surface area contributed by atoms with Crippen LogP contribution in [0, 0.1) is 5.41 Å². The second-order valence-corrected chi connectivity index (χ2v) is 8.53. The number of aromatic nitrogens is 1. The maximum atomic E-state index is 12.0. The molecular weight excluding hydrogens is 282 g/mol. The van der Waals surface area contributed by atoms with E-state index in [0.29, 0.717) is 19.5 Å². The summed E-state index contributed by atoms with van der Waals surface area (Å²) in [7, 11) is -3.01. The molecule has 7 heteroatoms. The minimum absolute atomic E-state index is 0.173. The fourth-order valence-corrected chi connectivity index (χ4v) is 5.40. The summed E-state index contributed by atoms with van der Waals surface area (Å²) in [4.78, 5) is 6.62. The Balaban J connectivity index is 1.62. The molecule has 5 nitrogen and oxygen atoms in total. The predicted molar refractivity (Wildman–Crippen MR) is 77.0 cm³/mol. The number of sulfonamides is 1. The fourth-order valence-electron chi connectivity index (χ4n) is 3.01. The zero-order valence-electron chi connectivity index (χ0n) is 11.1. The van der Waals surface area contributed by atoms with Gasteiger partial charge < -0.3 is 4.90 Å². The molecule has 2 aliphatic rings. The van der Waals surface area contributed by atoms with E-state index in [1.165, 1.54) is 0 Å². The highest BCUT2D eigenvalue weighted by Gasteiger charge is 2.51. The summed E-state index contributed by atoms with van der Waals surface area (Å²) in [6, 6.07) is 0. The molecule has 0 N–H and O–H groups in total. The van der Waals surface area contributed by atoms with Crippen LogP contribution in [0.3, 0.4) is 0 Å². The van der Waals surface area contributed by atoms with Crippen LogP contribution >= 0.6 is 11.3 Å². The number of thiazole rings is 1. The zero-order chi connectivity index (χ0) is 13.5. The van der Waals surface area contributed by atoms with Crippen LogP contribution in [0.25, 0.3) is 0 Å². The van der Waals surface area contributed by atoms with Gasteiger partial charge in [-0.25, -0.2) is 17.7 Å². The molecule has 2 saturated heterocycles. The molecule has 0 atom stereocenters. The molecule has 2 aliphatic heterocycles. The zero-order valence-corrected chi connectivity index (χ0v) is 12.7. The summed E-state index contributed by atoms with van der Waals surface area (Å²) in [5, 5.41) is 3.05. The molecule has 1 spiro atoms. The van der Waals surface area contributed by atoms with E-state index in [9.17, 15) is 8.42 Å². The summed E-state index contributed by atoms with van der Waals surface area (Å²) in [6.07, 6.45) is 3.59. The first-order valence-electron chi connectivity index (χ1n) is 6.67. The lowest BCUT2D eigenvalue weighted by Gasteiger charge is -2.46. The highest BCUT2D eigenvalue weighted by molar-refractivity contribution is 7.89. The van der Waals surface area contributed by atoms with Crippen molar-refractivity contribution in [2.75, 3.05) is 36.8 Å². The van der Waals surface area contributed by atoms with E-state index < -0.39 is 10.0 Å². The van der Waals surface area contributed by atoms with Gasteiger partial charge in [-0.1, -0.05) is 6.92 Å². The van der Waals surface area contributed by atoms with Gasteiger partial charge >= 0.3 is 0 Å². The van der Waals surface area contributed by atoms with Gasteiger partial charge in [0.05, 0.1) is 5.75 Å². The van der Waals surface area contributed by atoms with Crippen LogP contribution < -0.4 is 4.90 Å². The van der Waals surface area contributed by atoms with Gasteiger partial charge in [-0.05, 0) is 12.8 Å². The summed E-state index contributed by atoms with van der Waals surface area (Å²) < 4.78 is 25.6. The summed E-state index contributed by atoms with van der Waals surface area (Å²) in [5.74, 6) is 0.277. The summed E-state index contributed by atoms with van der Waals surface area (Å²) in [6.45, 7) is 5.23. The molecule has 0 aromatic carbocycles. The first-order valence-corrected chi connectivity index (χ1v) is 9.16. The third kappa shape index (κ3) is 2.39. The summed E-state index contributed by atoms with van der Waals surface area (Å²) in [5.41, 5.74) is 0.173. The molecule has 0 bridgehead atoms. The maximum Gasteiger partial charge on any atom is 0.214 e. The highest BCUT2D eigenvalue weighted by Crippen LogP contribution is 2.42. The second kappa shape index (κ2) is 4.71. The van der Waals surface area contributed by atoms with E-state index in [2.05, 4.69) is 9.88 Å². The van der Waals surface area contributed by atoms with Gasteiger partial charge in [0.25, 0.3) is 0 Å². The molecule has 2 fully saturated rings. The largest absolute Gasteiger partial charge is 0.347 e. The number of anilines is 1. The van der Waals surface area contributed by atoms with Crippen molar-refractivity contribution in [3.05, 3.63) is 11.6 Å². The molecule has 3 heterocycles. The fraction of sp³-hybridized carbons (Fsp3) is 0.750. The van der Waals surface area contributed by atoms with Gasteiger partial charge in [0.2, 0.25) is 10.0 Å². The average Bonchev–Trinajstić information content (AvgIpc) is 2.96. The average molecular weight is 301 g/mol. The molecule has 3 rings (SSSR count). The predicted octanol–water partition coefficient (Wildman–Crippen LogP) is 1.39. The van der Waals surface area contributed by atoms with Crippen molar-refractivity contribution in [2.45, 2.75) is 19.8 Å². The Morgan fingerprint density at radius 2 is 2.21 bits per heavy atom. The molecule has 0 unspecified atom stereocenters. The monoisotopic (exact) mass is 301 g/mol. The van der Waals surface area contributed by atoms with Crippen molar-refractivity contribution < 1.29 is 8.42 Å². The minimum Gasteiger partial charge on any atom is -0.347 e. The molecular formula is C12H19N3O2S2. The van der Waals surface area contributed by atoms with Crippen molar-refractivity contribution in [1.82, 2.24) is 9.29 Å². The van der Waals surface area contributed by atoms with Crippen LogP contribution in [-0.4, -0.2) is 49.6 Å². The van der Waals surface area contributed by atoms with E-state index >= 15 is 0 Å². The van der Waals surface area contributed by atoms with Gasteiger partial charge in [-0.15, -0.1) is 11.3 Å². The van der Waals surface area contributed by atoms with Crippen LogP contribution in [-0.2, 0) is 10.0 Å². The third-order valence-corrected chi connectivity index (χ3v) is 6.81. The van der Waals surface area contributed by atoms with Crippen molar-refractivity contribution >= 4 is 26.5 Å². The molecule has 0 aliphatic carbocycles. The van der Waals surface area contributed by atoms with Crippen LogP contribution in [0.1, 0.15) is 19.8 Å². The smallest absolute Gasteiger partial charge is 0.214 e. The topological polar surface area (TPSA) is 53.5 Å². The lowest BCUT2D eigenvalue weighted by molar-refractivity contribution is 0.0936. The van der Waals surface area contributed by atoms with Crippen LogP contribution in [0.2, 0.25) is 0 Å². The standard InChI is InChI=1S/C12H19N3O2S2/c1-2-7-19(16,17)15-9-12(10-15)3-5-14(8-12)11-13-4-6-18-11/h4,6H,2-3,5,7-10H2,1H3. The molecule has 106 valence electrons. The highest BCUT2D eigenvalue weighted by atomic mass is 32.2.